The molecule has 0 fully saturated rings. The number of hydrogen-bond donors (Lipinski definition) is 0. The van der Waals surface area contributed by atoms with E-state index in [0.29, 0.717) is 22.0 Å². The normalized spacial score (nSPS) is 11.4. The molecular weight excluding hydrogens is 393 g/mol. The van der Waals surface area contributed by atoms with Crippen molar-refractivity contribution < 1.29 is 13.2 Å². The van der Waals surface area contributed by atoms with Crippen LogP contribution in [0, 0.1) is 17.5 Å². The van der Waals surface area contributed by atoms with Gasteiger partial charge in [0.1, 0.15) is 5.82 Å². The first kappa shape index (κ1) is 18.1. The van der Waals surface area contributed by atoms with Gasteiger partial charge >= 0.3 is 0 Å². The Kier molecular flexibility index (Phi) is 4.13. The van der Waals surface area contributed by atoms with Crippen LogP contribution in [0.15, 0.2) is 71.5 Å². The number of fused-ring (bicyclic) bond motifs is 3. The van der Waals surface area contributed by atoms with E-state index in [1.807, 2.05) is 0 Å². The van der Waals surface area contributed by atoms with E-state index in [2.05, 4.69) is 10.2 Å². The van der Waals surface area contributed by atoms with Crippen LogP contribution in [-0.2, 0) is 6.54 Å². The van der Waals surface area contributed by atoms with E-state index in [0.717, 1.165) is 12.1 Å². The molecule has 0 bridgehead atoms. The zero-order valence-electron chi connectivity index (χ0n) is 15.4. The number of halogens is 3. The predicted octanol–water partition coefficient (Wildman–Crippen LogP) is 4.18. The number of aromatic nitrogens is 4. The fraction of sp³-hybridized carbons (Fsp3) is 0.0455. The molecule has 3 aromatic carbocycles. The van der Waals surface area contributed by atoms with Crippen molar-refractivity contribution in [3.05, 3.63) is 100 Å². The van der Waals surface area contributed by atoms with Gasteiger partial charge in [-0.05, 0) is 48.0 Å². The van der Waals surface area contributed by atoms with E-state index >= 15 is 0 Å². The van der Waals surface area contributed by atoms with E-state index in [9.17, 15) is 18.0 Å². The molecule has 0 spiro atoms. The highest BCUT2D eigenvalue weighted by molar-refractivity contribution is 5.82. The summed E-state index contributed by atoms with van der Waals surface area (Å²) in [7, 11) is 0. The maximum absolute atomic E-state index is 13.8. The van der Waals surface area contributed by atoms with Gasteiger partial charge in [0.05, 0.1) is 17.4 Å². The molecule has 5 aromatic rings. The largest absolute Gasteiger partial charge is 0.272 e. The van der Waals surface area contributed by atoms with E-state index in [1.165, 1.54) is 22.8 Å². The van der Waals surface area contributed by atoms with Crippen LogP contribution in [0.3, 0.4) is 0 Å². The van der Waals surface area contributed by atoms with Gasteiger partial charge in [0.25, 0.3) is 5.56 Å². The van der Waals surface area contributed by atoms with Gasteiger partial charge in [-0.1, -0.05) is 24.3 Å². The Bertz CT molecular complexity index is 1470. The van der Waals surface area contributed by atoms with E-state index in [4.69, 9.17) is 0 Å². The Hall–Kier alpha value is -3.94. The molecule has 30 heavy (non-hydrogen) atoms. The minimum absolute atomic E-state index is 0.142. The lowest BCUT2D eigenvalue weighted by molar-refractivity contribution is 0.509. The van der Waals surface area contributed by atoms with Crippen molar-refractivity contribution in [3.8, 4) is 11.4 Å². The Morgan fingerprint density at radius 3 is 2.37 bits per heavy atom. The zero-order valence-corrected chi connectivity index (χ0v) is 15.4. The molecule has 0 aliphatic heterocycles. The molecule has 0 aliphatic carbocycles. The molecule has 0 atom stereocenters. The third kappa shape index (κ3) is 2.85. The predicted molar refractivity (Wildman–Crippen MR) is 106 cm³/mol. The molecule has 0 saturated carbocycles. The van der Waals surface area contributed by atoms with Crippen LogP contribution in [0.4, 0.5) is 13.2 Å². The third-order valence-corrected chi connectivity index (χ3v) is 4.94. The second-order valence-electron chi connectivity index (χ2n) is 6.82. The Morgan fingerprint density at radius 1 is 0.833 bits per heavy atom. The van der Waals surface area contributed by atoms with Crippen molar-refractivity contribution in [2.45, 2.75) is 6.54 Å². The highest BCUT2D eigenvalue weighted by Crippen LogP contribution is 2.24. The number of nitrogens with zero attached hydrogens (tertiary/aromatic N) is 4. The van der Waals surface area contributed by atoms with Crippen molar-refractivity contribution in [3.63, 3.8) is 0 Å². The summed E-state index contributed by atoms with van der Waals surface area (Å²) in [6, 6.07) is 16.2. The SMILES string of the molecule is O=c1c2ccccc2n2c(-c3ccc(F)c(F)c3)nnc2n1Cc1ccc(F)cc1. The summed E-state index contributed by atoms with van der Waals surface area (Å²) in [6.07, 6.45) is 0. The van der Waals surface area contributed by atoms with Crippen molar-refractivity contribution in [1.29, 1.82) is 0 Å². The Balaban J connectivity index is 1.81. The summed E-state index contributed by atoms with van der Waals surface area (Å²) >= 11 is 0. The van der Waals surface area contributed by atoms with E-state index < -0.39 is 11.6 Å². The van der Waals surface area contributed by atoms with Gasteiger partial charge < -0.3 is 0 Å². The van der Waals surface area contributed by atoms with Gasteiger partial charge in [0.2, 0.25) is 5.78 Å². The smallest absolute Gasteiger partial charge is 0.263 e. The van der Waals surface area contributed by atoms with Crippen molar-refractivity contribution >= 4 is 16.7 Å². The van der Waals surface area contributed by atoms with Crippen LogP contribution >= 0.6 is 0 Å². The first-order valence-electron chi connectivity index (χ1n) is 9.09. The molecule has 5 nitrogen and oxygen atoms in total. The minimum atomic E-state index is -1.01. The molecule has 5 rings (SSSR count). The van der Waals surface area contributed by atoms with Gasteiger partial charge in [-0.2, -0.15) is 0 Å². The fourth-order valence-electron chi connectivity index (χ4n) is 3.50. The van der Waals surface area contributed by atoms with E-state index in [-0.39, 0.29) is 29.5 Å². The summed E-state index contributed by atoms with van der Waals surface area (Å²) in [5.41, 5.74) is 1.27. The summed E-state index contributed by atoms with van der Waals surface area (Å²) in [5, 5.41) is 8.72. The maximum Gasteiger partial charge on any atom is 0.263 e. The molecule has 0 radical (unpaired) electrons. The maximum atomic E-state index is 13.8. The molecule has 0 saturated heterocycles. The van der Waals surface area contributed by atoms with Crippen LogP contribution < -0.4 is 5.56 Å². The van der Waals surface area contributed by atoms with Crippen LogP contribution in [0.25, 0.3) is 28.1 Å². The number of rotatable bonds is 3. The van der Waals surface area contributed by atoms with Gasteiger partial charge in [0, 0.05) is 5.56 Å². The van der Waals surface area contributed by atoms with Crippen molar-refractivity contribution in [2.75, 3.05) is 0 Å². The summed E-state index contributed by atoms with van der Waals surface area (Å²) in [5.74, 6) is -1.84. The molecule has 2 aromatic heterocycles. The highest BCUT2D eigenvalue weighted by Gasteiger charge is 2.18. The monoisotopic (exact) mass is 406 g/mol. The summed E-state index contributed by atoms with van der Waals surface area (Å²) in [6.45, 7) is 0.142. The van der Waals surface area contributed by atoms with Crippen LogP contribution in [0.2, 0.25) is 0 Å². The van der Waals surface area contributed by atoms with Crippen molar-refractivity contribution in [1.82, 2.24) is 19.2 Å². The Morgan fingerprint density at radius 2 is 1.60 bits per heavy atom. The Labute approximate surface area is 167 Å². The quantitative estimate of drug-likeness (QED) is 0.452. The standard InChI is InChI=1S/C22H13F3N4O/c23-15-8-5-13(6-9-15)12-28-21(30)16-3-1-2-4-19(16)29-20(26-27-22(28)29)14-7-10-17(24)18(25)11-14/h1-11H,12H2. The first-order chi connectivity index (χ1) is 14.5. The lowest BCUT2D eigenvalue weighted by atomic mass is 10.2. The van der Waals surface area contributed by atoms with Gasteiger partial charge in [-0.15, -0.1) is 10.2 Å². The second kappa shape index (κ2) is 6.84. The van der Waals surface area contributed by atoms with Gasteiger partial charge in [0.15, 0.2) is 17.5 Å². The van der Waals surface area contributed by atoms with Crippen molar-refractivity contribution in [2.24, 2.45) is 0 Å². The molecule has 8 heteroatoms. The van der Waals surface area contributed by atoms with Crippen LogP contribution in [0.5, 0.6) is 0 Å². The minimum Gasteiger partial charge on any atom is -0.272 e. The average molecular weight is 406 g/mol. The molecular formula is C22H13F3N4O. The molecule has 148 valence electrons. The summed E-state index contributed by atoms with van der Waals surface area (Å²) in [4.78, 5) is 13.2. The summed E-state index contributed by atoms with van der Waals surface area (Å²) < 4.78 is 43.6. The highest BCUT2D eigenvalue weighted by atomic mass is 19.2. The fourth-order valence-corrected chi connectivity index (χ4v) is 3.50. The zero-order chi connectivity index (χ0) is 20.8. The molecule has 0 aliphatic rings. The molecule has 0 amide bonds. The van der Waals surface area contributed by atoms with E-state index in [1.54, 1.807) is 40.8 Å². The number of hydrogen-bond acceptors (Lipinski definition) is 3. The van der Waals surface area contributed by atoms with Crippen LogP contribution in [-0.4, -0.2) is 19.2 Å². The topological polar surface area (TPSA) is 52.2 Å². The van der Waals surface area contributed by atoms with Crippen LogP contribution in [0.1, 0.15) is 5.56 Å². The molecule has 2 heterocycles. The second-order valence-corrected chi connectivity index (χ2v) is 6.82. The number of benzene rings is 3. The van der Waals surface area contributed by atoms with Gasteiger partial charge in [-0.3, -0.25) is 13.8 Å². The first-order valence-corrected chi connectivity index (χ1v) is 9.09. The average Bonchev–Trinajstić information content (AvgIpc) is 3.19. The number of para-hydroxylation sites is 1. The van der Waals surface area contributed by atoms with Gasteiger partial charge in [-0.25, -0.2) is 13.2 Å². The molecule has 0 N–H and O–H groups in total. The third-order valence-electron chi connectivity index (χ3n) is 4.94. The lowest BCUT2D eigenvalue weighted by Crippen LogP contribution is -2.24. The molecule has 0 unspecified atom stereocenters. The lowest BCUT2D eigenvalue weighted by Gasteiger charge is -2.12.